The zero-order chi connectivity index (χ0) is 23.8. The summed E-state index contributed by atoms with van der Waals surface area (Å²) in [6.45, 7) is 6.36. The van der Waals surface area contributed by atoms with Gasteiger partial charge in [-0.1, -0.05) is 95.9 Å². The Morgan fingerprint density at radius 1 is 0.806 bits per heavy atom. The number of thiazole rings is 1. The van der Waals surface area contributed by atoms with Crippen molar-refractivity contribution in [3.05, 3.63) is 107 Å². The van der Waals surface area contributed by atoms with E-state index in [-0.39, 0.29) is 24.0 Å². The molecule has 0 N–H and O–H groups in total. The van der Waals surface area contributed by atoms with Crippen LogP contribution in [0.2, 0.25) is 0 Å². The van der Waals surface area contributed by atoms with Gasteiger partial charge in [-0.3, -0.25) is 0 Å². The summed E-state index contributed by atoms with van der Waals surface area (Å²) in [5.41, 5.74) is 2.68. The van der Waals surface area contributed by atoms with Crippen molar-refractivity contribution in [1.29, 1.82) is 0 Å². The molecule has 1 aromatic heterocycles. The number of hydrogen-bond donors (Lipinski definition) is 0. The maximum atomic E-state index is 2.43. The van der Waals surface area contributed by atoms with Gasteiger partial charge in [0.15, 0.2) is 0 Å². The third-order valence-electron chi connectivity index (χ3n) is 6.56. The lowest BCUT2D eigenvalue weighted by Crippen LogP contribution is -3.00. The van der Waals surface area contributed by atoms with Gasteiger partial charge in [0, 0.05) is 22.9 Å². The predicted octanol–water partition coefficient (Wildman–Crippen LogP) is 5.56. The van der Waals surface area contributed by atoms with E-state index in [4.69, 9.17) is 0 Å². The smallest absolute Gasteiger partial charge is 0.262 e. The van der Waals surface area contributed by atoms with Gasteiger partial charge in [-0.15, -0.1) is 0 Å². The Labute approximate surface area is 237 Å². The number of benzene rings is 4. The summed E-state index contributed by atoms with van der Waals surface area (Å²) in [5.74, 6) is 0. The largest absolute Gasteiger partial charge is 1.00 e. The van der Waals surface area contributed by atoms with E-state index in [1.54, 1.807) is 0 Å². The van der Waals surface area contributed by atoms with Crippen LogP contribution in [0.4, 0.5) is 5.69 Å². The van der Waals surface area contributed by atoms with Crippen LogP contribution in [0.3, 0.4) is 0 Å². The molecular formula is C31H27IN2S2. The number of halogens is 1. The van der Waals surface area contributed by atoms with Crippen molar-refractivity contribution >= 4 is 66.6 Å². The highest BCUT2D eigenvalue weighted by Crippen LogP contribution is 2.49. The van der Waals surface area contributed by atoms with Crippen LogP contribution in [-0.4, -0.2) is 6.54 Å². The lowest BCUT2D eigenvalue weighted by atomic mass is 10.1. The van der Waals surface area contributed by atoms with Gasteiger partial charge < -0.3 is 28.9 Å². The van der Waals surface area contributed by atoms with Crippen molar-refractivity contribution in [3.63, 3.8) is 0 Å². The van der Waals surface area contributed by atoms with Gasteiger partial charge >= 0.3 is 0 Å². The second kappa shape index (κ2) is 10.8. The molecule has 4 aromatic carbocycles. The monoisotopic (exact) mass is 618 g/mol. The molecule has 180 valence electrons. The topological polar surface area (TPSA) is 7.12 Å². The first-order valence-corrected chi connectivity index (χ1v) is 13.8. The standard InChI is InChI=1S/C31H27N2S2.HI/c1-3-32-28(34-26-20-18-22-12-8-10-14-24(22)30(26)32)16-6-5-7-17-29-33(4-2)31-25-15-11-9-13-23(25)19-21-27(31)35-29;/h5-21H,3-4H2,1-2H3;1H/q+1;/p-1. The van der Waals surface area contributed by atoms with Crippen molar-refractivity contribution in [3.8, 4) is 0 Å². The number of rotatable bonds is 5. The van der Waals surface area contributed by atoms with Crippen LogP contribution in [0.5, 0.6) is 0 Å². The highest BCUT2D eigenvalue weighted by Gasteiger charge is 2.25. The fourth-order valence-electron chi connectivity index (χ4n) is 4.96. The summed E-state index contributed by atoms with van der Waals surface area (Å²) >= 11 is 3.72. The molecule has 0 radical (unpaired) electrons. The fraction of sp³-hybridized carbons (Fsp3) is 0.129. The van der Waals surface area contributed by atoms with Crippen molar-refractivity contribution in [2.24, 2.45) is 0 Å². The third-order valence-corrected chi connectivity index (χ3v) is 8.79. The molecule has 0 atom stereocenters. The van der Waals surface area contributed by atoms with Crippen LogP contribution in [0.25, 0.3) is 37.8 Å². The highest BCUT2D eigenvalue weighted by atomic mass is 127. The average molecular weight is 619 g/mol. The summed E-state index contributed by atoms with van der Waals surface area (Å²) in [4.78, 5) is 3.76. The molecule has 6 rings (SSSR count). The van der Waals surface area contributed by atoms with Crippen molar-refractivity contribution in [2.75, 3.05) is 11.4 Å². The number of allylic oxidation sites excluding steroid dienone is 4. The quantitative estimate of drug-likeness (QED) is 0.145. The van der Waals surface area contributed by atoms with E-state index in [0.29, 0.717) is 0 Å². The van der Waals surface area contributed by atoms with E-state index in [9.17, 15) is 0 Å². The van der Waals surface area contributed by atoms with E-state index in [1.165, 1.54) is 52.4 Å². The average Bonchev–Trinajstić information content (AvgIpc) is 3.46. The lowest BCUT2D eigenvalue weighted by Gasteiger charge is -2.19. The summed E-state index contributed by atoms with van der Waals surface area (Å²) in [7, 11) is 0. The summed E-state index contributed by atoms with van der Waals surface area (Å²) in [6.07, 6.45) is 10.9. The van der Waals surface area contributed by atoms with Crippen LogP contribution in [0.15, 0.2) is 107 Å². The van der Waals surface area contributed by atoms with Gasteiger partial charge in [-0.25, -0.2) is 0 Å². The Morgan fingerprint density at radius 3 is 2.31 bits per heavy atom. The Bertz CT molecular complexity index is 1660. The minimum atomic E-state index is 0. The van der Waals surface area contributed by atoms with Crippen LogP contribution in [-0.2, 0) is 6.54 Å². The zero-order valence-corrected chi connectivity index (χ0v) is 24.1. The summed E-state index contributed by atoms with van der Waals surface area (Å²) in [5, 5.41) is 7.80. The summed E-state index contributed by atoms with van der Waals surface area (Å²) in [6, 6.07) is 26.3. The first-order valence-electron chi connectivity index (χ1n) is 12.1. The molecule has 1 aliphatic heterocycles. The molecule has 5 heteroatoms. The molecule has 0 amide bonds. The van der Waals surface area contributed by atoms with Crippen molar-refractivity contribution < 1.29 is 28.5 Å². The molecule has 0 unspecified atom stereocenters. The van der Waals surface area contributed by atoms with Gasteiger partial charge in [0.05, 0.1) is 16.1 Å². The number of anilines is 1. The highest BCUT2D eigenvalue weighted by molar-refractivity contribution is 8.03. The Hall–Kier alpha value is -2.61. The number of fused-ring (bicyclic) bond motifs is 6. The number of thioether (sulfide) groups is 1. The minimum absolute atomic E-state index is 0. The minimum Gasteiger partial charge on any atom is -1.00 e. The molecule has 0 saturated carbocycles. The van der Waals surface area contributed by atoms with E-state index in [0.717, 1.165) is 13.1 Å². The molecule has 36 heavy (non-hydrogen) atoms. The van der Waals surface area contributed by atoms with Gasteiger partial charge in [0.1, 0.15) is 11.2 Å². The molecule has 1 aliphatic rings. The molecule has 0 bridgehead atoms. The maximum absolute atomic E-state index is 2.43. The Balaban J connectivity index is 0.00000267. The molecule has 2 heterocycles. The fourth-order valence-corrected chi connectivity index (χ4v) is 7.27. The molecule has 5 aromatic rings. The van der Waals surface area contributed by atoms with E-state index >= 15 is 0 Å². The maximum Gasteiger partial charge on any atom is 0.262 e. The lowest BCUT2D eigenvalue weighted by molar-refractivity contribution is -0.664. The first kappa shape index (κ1) is 25.1. The van der Waals surface area contributed by atoms with E-state index in [2.05, 4.69) is 126 Å². The molecular weight excluding hydrogens is 591 g/mol. The summed E-state index contributed by atoms with van der Waals surface area (Å²) < 4.78 is 3.76. The van der Waals surface area contributed by atoms with Crippen LogP contribution < -0.4 is 33.4 Å². The molecule has 0 fully saturated rings. The molecule has 0 aliphatic carbocycles. The number of nitrogens with zero attached hydrogens (tertiary/aromatic N) is 2. The first-order chi connectivity index (χ1) is 17.3. The second-order valence-electron chi connectivity index (χ2n) is 8.55. The second-order valence-corrected chi connectivity index (χ2v) is 10.7. The third kappa shape index (κ3) is 4.38. The van der Waals surface area contributed by atoms with E-state index < -0.39 is 0 Å². The van der Waals surface area contributed by atoms with Crippen LogP contribution in [0, 0.1) is 0 Å². The molecule has 0 spiro atoms. The van der Waals surface area contributed by atoms with Crippen LogP contribution >= 0.6 is 23.1 Å². The Morgan fingerprint density at radius 2 is 1.53 bits per heavy atom. The number of hydrogen-bond acceptors (Lipinski definition) is 3. The van der Waals surface area contributed by atoms with Crippen LogP contribution in [0.1, 0.15) is 18.9 Å². The molecule has 0 saturated heterocycles. The zero-order valence-electron chi connectivity index (χ0n) is 20.3. The number of aryl methyl sites for hydroxylation is 1. The van der Waals surface area contributed by atoms with Gasteiger partial charge in [0.2, 0.25) is 5.52 Å². The number of aromatic nitrogens is 1. The molecule has 2 nitrogen and oxygen atoms in total. The SMILES string of the molecule is CCN1\C(=C/C=C/C=C/c2sc3ccc4ccccc4c3[n+]2CC)Sc2ccc3ccccc3c21.[I-]. The van der Waals surface area contributed by atoms with Gasteiger partial charge in [0.25, 0.3) is 5.01 Å². The van der Waals surface area contributed by atoms with Gasteiger partial charge in [-0.2, -0.15) is 4.57 Å². The van der Waals surface area contributed by atoms with Crippen molar-refractivity contribution in [2.45, 2.75) is 25.3 Å². The Kier molecular flexibility index (Phi) is 7.51. The van der Waals surface area contributed by atoms with Gasteiger partial charge in [-0.05, 0) is 48.9 Å². The predicted molar refractivity (Wildman–Crippen MR) is 154 cm³/mol. The van der Waals surface area contributed by atoms with Crippen molar-refractivity contribution in [1.82, 2.24) is 0 Å². The van der Waals surface area contributed by atoms with E-state index in [1.807, 2.05) is 23.1 Å². The normalized spacial score (nSPS) is 14.6.